The number of benzene rings is 1. The maximum Gasteiger partial charge on any atom is 0.161 e. The molecule has 90 valence electrons. The number of ketones is 1. The normalized spacial score (nSPS) is 11.7. The van der Waals surface area contributed by atoms with Gasteiger partial charge in [0, 0.05) is 10.4 Å². The summed E-state index contributed by atoms with van der Waals surface area (Å²) in [6, 6.07) is 7.38. The number of carbonyl (C=O) groups excluding carboxylic acids is 1. The molecular formula is C15H17ClO. The molecule has 0 amide bonds. The number of rotatable bonds is 5. The quantitative estimate of drug-likeness (QED) is 0.553. The molecule has 0 spiro atoms. The van der Waals surface area contributed by atoms with Crippen LogP contribution in [0.15, 0.2) is 43.0 Å². The molecule has 0 heterocycles. The zero-order valence-corrected chi connectivity index (χ0v) is 11.0. The molecular weight excluding hydrogens is 232 g/mol. The van der Waals surface area contributed by atoms with E-state index in [0.29, 0.717) is 11.4 Å². The molecule has 1 aromatic carbocycles. The molecule has 0 unspecified atom stereocenters. The van der Waals surface area contributed by atoms with Gasteiger partial charge < -0.3 is 0 Å². The first-order valence-corrected chi connectivity index (χ1v) is 5.92. The first-order valence-electron chi connectivity index (χ1n) is 5.55. The van der Waals surface area contributed by atoms with Gasteiger partial charge in [-0.05, 0) is 30.2 Å². The summed E-state index contributed by atoms with van der Waals surface area (Å²) < 4.78 is 0. The van der Waals surface area contributed by atoms with E-state index < -0.39 is 0 Å². The predicted molar refractivity (Wildman–Crippen MR) is 74.1 cm³/mol. The molecule has 2 heteroatoms. The number of hydrogen-bond acceptors (Lipinski definition) is 1. The highest BCUT2D eigenvalue weighted by Crippen LogP contribution is 2.23. The van der Waals surface area contributed by atoms with Crippen molar-refractivity contribution in [2.75, 3.05) is 0 Å². The van der Waals surface area contributed by atoms with Crippen molar-refractivity contribution in [1.82, 2.24) is 0 Å². The van der Waals surface area contributed by atoms with Gasteiger partial charge in [0.05, 0.1) is 0 Å². The fourth-order valence-corrected chi connectivity index (χ4v) is 1.56. The second kappa shape index (κ2) is 5.83. The Labute approximate surface area is 108 Å². The van der Waals surface area contributed by atoms with Crippen LogP contribution >= 0.6 is 11.6 Å². The molecule has 1 aromatic rings. The monoisotopic (exact) mass is 248 g/mol. The minimum Gasteiger partial charge on any atom is -0.294 e. The van der Waals surface area contributed by atoms with Crippen LogP contribution in [0.3, 0.4) is 0 Å². The molecule has 0 saturated heterocycles. The first-order chi connectivity index (χ1) is 7.95. The third kappa shape index (κ3) is 4.20. The lowest BCUT2D eigenvalue weighted by molar-refractivity contribution is -0.121. The molecule has 0 radical (unpaired) electrons. The number of hydrogen-bond donors (Lipinski definition) is 0. The standard InChI is InChI=1S/C15H17ClO/c1-4-11-15(2,3)14(17)10-7-12-5-8-13(16)9-6-12/h4-10H,1,11H2,2-3H3. The summed E-state index contributed by atoms with van der Waals surface area (Å²) in [5, 5.41) is 0.695. The van der Waals surface area contributed by atoms with E-state index in [1.165, 1.54) is 0 Å². The van der Waals surface area contributed by atoms with E-state index in [1.807, 2.05) is 32.1 Å². The second-order valence-corrected chi connectivity index (χ2v) is 5.06. The minimum absolute atomic E-state index is 0.104. The van der Waals surface area contributed by atoms with Crippen molar-refractivity contribution < 1.29 is 4.79 Å². The lowest BCUT2D eigenvalue weighted by Gasteiger charge is -2.18. The molecule has 0 fully saturated rings. The Balaban J connectivity index is 2.74. The molecule has 0 aliphatic rings. The van der Waals surface area contributed by atoms with Crippen LogP contribution in [0.5, 0.6) is 0 Å². The Morgan fingerprint density at radius 2 is 1.94 bits per heavy atom. The van der Waals surface area contributed by atoms with E-state index >= 15 is 0 Å². The summed E-state index contributed by atoms with van der Waals surface area (Å²) >= 11 is 5.79. The van der Waals surface area contributed by atoms with Crippen molar-refractivity contribution in [2.24, 2.45) is 5.41 Å². The summed E-state index contributed by atoms with van der Waals surface area (Å²) in [5.41, 5.74) is 0.585. The van der Waals surface area contributed by atoms with Crippen LogP contribution in [0.2, 0.25) is 5.02 Å². The van der Waals surface area contributed by atoms with E-state index in [2.05, 4.69) is 6.58 Å². The minimum atomic E-state index is -0.384. The molecule has 0 aliphatic heterocycles. The van der Waals surface area contributed by atoms with Crippen molar-refractivity contribution in [2.45, 2.75) is 20.3 Å². The SMILES string of the molecule is C=CCC(C)(C)C(=O)C=Cc1ccc(Cl)cc1. The number of halogens is 1. The third-order valence-corrected chi connectivity index (χ3v) is 2.87. The molecule has 1 rings (SSSR count). The van der Waals surface area contributed by atoms with Gasteiger partial charge in [-0.25, -0.2) is 0 Å². The van der Waals surface area contributed by atoms with Crippen molar-refractivity contribution in [1.29, 1.82) is 0 Å². The summed E-state index contributed by atoms with van der Waals surface area (Å²) in [7, 11) is 0. The van der Waals surface area contributed by atoms with Crippen LogP contribution in [0.25, 0.3) is 6.08 Å². The summed E-state index contributed by atoms with van der Waals surface area (Å²) in [5.74, 6) is 0.104. The highest BCUT2D eigenvalue weighted by molar-refractivity contribution is 6.30. The van der Waals surface area contributed by atoms with Crippen LogP contribution in [-0.2, 0) is 4.79 Å². The smallest absolute Gasteiger partial charge is 0.161 e. The second-order valence-electron chi connectivity index (χ2n) is 4.63. The Kier molecular flexibility index (Phi) is 4.71. The van der Waals surface area contributed by atoms with Gasteiger partial charge in [0.2, 0.25) is 0 Å². The lowest BCUT2D eigenvalue weighted by Crippen LogP contribution is -2.21. The van der Waals surface area contributed by atoms with Gasteiger partial charge in [-0.1, -0.05) is 49.7 Å². The molecule has 0 bridgehead atoms. The average Bonchev–Trinajstić information content (AvgIpc) is 2.27. The highest BCUT2D eigenvalue weighted by Gasteiger charge is 2.23. The van der Waals surface area contributed by atoms with E-state index in [-0.39, 0.29) is 11.2 Å². The van der Waals surface area contributed by atoms with Gasteiger partial charge in [0.25, 0.3) is 0 Å². The van der Waals surface area contributed by atoms with Crippen molar-refractivity contribution in [3.8, 4) is 0 Å². The largest absolute Gasteiger partial charge is 0.294 e. The van der Waals surface area contributed by atoms with Gasteiger partial charge in [0.1, 0.15) is 0 Å². The molecule has 0 aliphatic carbocycles. The van der Waals surface area contributed by atoms with Crippen LogP contribution < -0.4 is 0 Å². The molecule has 0 saturated carbocycles. The van der Waals surface area contributed by atoms with Crippen molar-refractivity contribution in [3.05, 3.63) is 53.6 Å². The Hall–Kier alpha value is -1.34. The molecule has 0 N–H and O–H groups in total. The van der Waals surface area contributed by atoms with Crippen LogP contribution in [0.4, 0.5) is 0 Å². The van der Waals surface area contributed by atoms with Gasteiger partial charge >= 0.3 is 0 Å². The predicted octanol–water partition coefficient (Wildman–Crippen LogP) is 4.52. The first kappa shape index (κ1) is 13.7. The highest BCUT2D eigenvalue weighted by atomic mass is 35.5. The summed E-state index contributed by atoms with van der Waals surface area (Å²) in [6.07, 6.45) is 5.88. The van der Waals surface area contributed by atoms with Gasteiger partial charge in [-0.3, -0.25) is 4.79 Å². The van der Waals surface area contributed by atoms with Crippen molar-refractivity contribution in [3.63, 3.8) is 0 Å². The van der Waals surface area contributed by atoms with E-state index in [1.54, 1.807) is 24.3 Å². The third-order valence-electron chi connectivity index (χ3n) is 2.62. The van der Waals surface area contributed by atoms with Crippen molar-refractivity contribution >= 4 is 23.5 Å². The fraction of sp³-hybridized carbons (Fsp3) is 0.267. The topological polar surface area (TPSA) is 17.1 Å². The van der Waals surface area contributed by atoms with E-state index in [9.17, 15) is 4.79 Å². The van der Waals surface area contributed by atoms with Gasteiger partial charge in [-0.15, -0.1) is 6.58 Å². The van der Waals surface area contributed by atoms with Crippen LogP contribution in [0, 0.1) is 5.41 Å². The van der Waals surface area contributed by atoms with E-state index in [4.69, 9.17) is 11.6 Å². The Bertz CT molecular complexity index is 427. The van der Waals surface area contributed by atoms with Gasteiger partial charge in [-0.2, -0.15) is 0 Å². The van der Waals surface area contributed by atoms with Crippen LogP contribution in [-0.4, -0.2) is 5.78 Å². The molecule has 1 nitrogen and oxygen atoms in total. The van der Waals surface area contributed by atoms with Crippen LogP contribution in [0.1, 0.15) is 25.8 Å². The average molecular weight is 249 g/mol. The van der Waals surface area contributed by atoms with Gasteiger partial charge in [0.15, 0.2) is 5.78 Å². The Morgan fingerprint density at radius 3 is 2.47 bits per heavy atom. The van der Waals surface area contributed by atoms with E-state index in [0.717, 1.165) is 5.56 Å². The maximum absolute atomic E-state index is 11.9. The Morgan fingerprint density at radius 1 is 1.35 bits per heavy atom. The molecule has 0 atom stereocenters. The summed E-state index contributed by atoms with van der Waals surface area (Å²) in [6.45, 7) is 7.50. The molecule has 0 aromatic heterocycles. The summed E-state index contributed by atoms with van der Waals surface area (Å²) in [4.78, 5) is 11.9. The lowest BCUT2D eigenvalue weighted by atomic mass is 9.84. The zero-order valence-electron chi connectivity index (χ0n) is 10.2. The maximum atomic E-state index is 11.9. The number of allylic oxidation sites excluding steroid dienone is 2. The molecule has 17 heavy (non-hydrogen) atoms. The number of carbonyl (C=O) groups is 1. The fourth-order valence-electron chi connectivity index (χ4n) is 1.43. The zero-order chi connectivity index (χ0) is 12.9.